The van der Waals surface area contributed by atoms with E-state index in [4.69, 9.17) is 9.72 Å². The number of carbonyl (C=O) groups is 1. The summed E-state index contributed by atoms with van der Waals surface area (Å²) >= 11 is 0. The predicted molar refractivity (Wildman–Crippen MR) is 120 cm³/mol. The number of rotatable bonds is 6. The minimum Gasteiger partial charge on any atom is -0.472 e. The molecule has 0 unspecified atom stereocenters. The molecule has 1 atom stereocenters. The van der Waals surface area contributed by atoms with Crippen molar-refractivity contribution in [1.82, 2.24) is 20.6 Å². The van der Waals surface area contributed by atoms with Crippen LogP contribution in [0.2, 0.25) is 0 Å². The van der Waals surface area contributed by atoms with E-state index in [-0.39, 0.29) is 11.9 Å². The molecule has 1 aromatic carbocycles. The number of pyridine rings is 2. The number of hydrogen-bond acceptors (Lipinski definition) is 5. The molecule has 3 aromatic rings. The number of nitrogens with one attached hydrogen (secondary N) is 2. The second-order valence-corrected chi connectivity index (χ2v) is 8.49. The van der Waals surface area contributed by atoms with Crippen molar-refractivity contribution in [3.8, 4) is 5.88 Å². The van der Waals surface area contributed by atoms with Crippen molar-refractivity contribution in [2.45, 2.75) is 57.7 Å². The maximum absolute atomic E-state index is 12.3. The van der Waals surface area contributed by atoms with Gasteiger partial charge in [-0.2, -0.15) is 0 Å². The van der Waals surface area contributed by atoms with E-state index in [9.17, 15) is 4.79 Å². The molecule has 1 aliphatic heterocycles. The lowest BCUT2D eigenvalue weighted by molar-refractivity contribution is -0.122. The Labute approximate surface area is 182 Å². The van der Waals surface area contributed by atoms with Crippen LogP contribution in [-0.4, -0.2) is 28.5 Å². The molecule has 6 nitrogen and oxygen atoms in total. The van der Waals surface area contributed by atoms with Crippen molar-refractivity contribution < 1.29 is 9.53 Å². The maximum Gasteiger partial charge on any atom is 0.237 e. The third kappa shape index (κ3) is 4.54. The molecule has 1 amide bonds. The van der Waals surface area contributed by atoms with E-state index in [1.165, 1.54) is 17.5 Å². The van der Waals surface area contributed by atoms with Gasteiger partial charge in [-0.3, -0.25) is 9.78 Å². The monoisotopic (exact) mass is 416 g/mol. The summed E-state index contributed by atoms with van der Waals surface area (Å²) in [5.41, 5.74) is 5.78. The number of carbonyl (C=O) groups excluding carboxylic acids is 1. The number of nitrogens with zero attached hydrogens (tertiary/aromatic N) is 2. The number of aryl methyl sites for hydroxylation is 2. The number of amides is 1. The lowest BCUT2D eigenvalue weighted by atomic mass is 10.0. The number of hydrogen-bond donors (Lipinski definition) is 2. The normalized spacial score (nSPS) is 18.5. The molecule has 3 heterocycles. The number of fused-ring (bicyclic) bond motifs is 2. The van der Waals surface area contributed by atoms with E-state index < -0.39 is 0 Å². The summed E-state index contributed by atoms with van der Waals surface area (Å²) in [7, 11) is 0. The van der Waals surface area contributed by atoms with Crippen LogP contribution < -0.4 is 15.4 Å². The second-order valence-electron chi connectivity index (χ2n) is 8.49. The summed E-state index contributed by atoms with van der Waals surface area (Å²) < 4.78 is 6.15. The van der Waals surface area contributed by atoms with Crippen molar-refractivity contribution >= 4 is 16.8 Å². The lowest BCUT2D eigenvalue weighted by Gasteiger charge is -2.17. The van der Waals surface area contributed by atoms with Crippen LogP contribution in [0.25, 0.3) is 10.9 Å². The van der Waals surface area contributed by atoms with E-state index in [0.29, 0.717) is 19.0 Å². The van der Waals surface area contributed by atoms with Gasteiger partial charge in [0, 0.05) is 42.0 Å². The topological polar surface area (TPSA) is 76.1 Å². The van der Waals surface area contributed by atoms with E-state index in [2.05, 4.69) is 33.8 Å². The van der Waals surface area contributed by atoms with Crippen LogP contribution in [0, 0.1) is 0 Å². The van der Waals surface area contributed by atoms with Crippen molar-refractivity contribution in [2.75, 3.05) is 6.54 Å². The van der Waals surface area contributed by atoms with E-state index in [1.807, 2.05) is 18.3 Å². The van der Waals surface area contributed by atoms with E-state index >= 15 is 0 Å². The average Bonchev–Trinajstić information content (AvgIpc) is 3.15. The second kappa shape index (κ2) is 9.02. The molecule has 6 heteroatoms. The van der Waals surface area contributed by atoms with Gasteiger partial charge in [-0.15, -0.1) is 0 Å². The van der Waals surface area contributed by atoms with Crippen molar-refractivity contribution in [2.24, 2.45) is 0 Å². The Hall–Kier alpha value is -2.99. The predicted octanol–water partition coefficient (Wildman–Crippen LogP) is 3.46. The van der Waals surface area contributed by atoms with Gasteiger partial charge in [0.2, 0.25) is 11.8 Å². The van der Waals surface area contributed by atoms with Crippen LogP contribution in [0.15, 0.2) is 42.7 Å². The Bertz CT molecular complexity index is 1080. The number of benzene rings is 1. The van der Waals surface area contributed by atoms with E-state index in [1.54, 1.807) is 6.20 Å². The summed E-state index contributed by atoms with van der Waals surface area (Å²) in [5, 5.41) is 7.57. The van der Waals surface area contributed by atoms with Crippen molar-refractivity contribution in [3.05, 3.63) is 65.0 Å². The molecule has 2 aliphatic rings. The highest BCUT2D eigenvalue weighted by Crippen LogP contribution is 2.30. The average molecular weight is 417 g/mol. The molecule has 1 fully saturated rings. The zero-order chi connectivity index (χ0) is 21.0. The van der Waals surface area contributed by atoms with Gasteiger partial charge in [0.1, 0.15) is 6.61 Å². The van der Waals surface area contributed by atoms with Crippen LogP contribution in [0.5, 0.6) is 5.88 Å². The molecule has 0 saturated carbocycles. The molecule has 160 valence electrons. The Balaban J connectivity index is 1.43. The fraction of sp³-hybridized carbons (Fsp3) is 0.400. The molecule has 5 rings (SSSR count). The Morgan fingerprint density at radius 3 is 2.90 bits per heavy atom. The summed E-state index contributed by atoms with van der Waals surface area (Å²) in [5.74, 6) is 0.706. The minimum absolute atomic E-state index is 0.0851. The fourth-order valence-corrected chi connectivity index (χ4v) is 4.53. The minimum atomic E-state index is -0.176. The molecule has 0 spiro atoms. The van der Waals surface area contributed by atoms with Gasteiger partial charge in [-0.25, -0.2) is 4.98 Å². The van der Waals surface area contributed by atoms with Gasteiger partial charge in [-0.05, 0) is 73.9 Å². The molecule has 0 radical (unpaired) electrons. The molecular formula is C25H28N4O2. The molecule has 2 N–H and O–H groups in total. The quantitative estimate of drug-likeness (QED) is 0.644. The first-order valence-electron chi connectivity index (χ1n) is 11.2. The first-order chi connectivity index (χ1) is 15.3. The van der Waals surface area contributed by atoms with Crippen LogP contribution in [0.3, 0.4) is 0 Å². The van der Waals surface area contributed by atoms with Crippen LogP contribution in [0.4, 0.5) is 0 Å². The number of aromatic nitrogens is 2. The summed E-state index contributed by atoms with van der Waals surface area (Å²) in [6.45, 7) is 1.72. The van der Waals surface area contributed by atoms with Crippen molar-refractivity contribution in [1.29, 1.82) is 0 Å². The van der Waals surface area contributed by atoms with Crippen LogP contribution in [0.1, 0.15) is 47.9 Å². The van der Waals surface area contributed by atoms with Gasteiger partial charge in [0.25, 0.3) is 0 Å². The Morgan fingerprint density at radius 1 is 1.13 bits per heavy atom. The van der Waals surface area contributed by atoms with Crippen molar-refractivity contribution in [3.63, 3.8) is 0 Å². The molecular weight excluding hydrogens is 388 g/mol. The molecule has 1 aliphatic carbocycles. The van der Waals surface area contributed by atoms with Crippen LogP contribution in [-0.2, 0) is 30.8 Å². The third-order valence-electron chi connectivity index (χ3n) is 6.24. The van der Waals surface area contributed by atoms with Gasteiger partial charge < -0.3 is 15.4 Å². The first kappa shape index (κ1) is 19.9. The zero-order valence-electron chi connectivity index (χ0n) is 17.7. The van der Waals surface area contributed by atoms with Crippen LogP contribution >= 0.6 is 0 Å². The molecule has 0 bridgehead atoms. The first-order valence-corrected chi connectivity index (χ1v) is 11.2. The standard InChI is InChI=1S/C25H28N4O2/c30-24-22(8-1-2-10-27-24)28-15-21-12-20-11-18-6-3-7-19(18)13-23(20)29-25(21)31-16-17-5-4-9-26-14-17/h4-5,9,11-14,22,28H,1-3,6-8,10,15-16H2,(H,27,30)/t22-/m0/s1. The SMILES string of the molecule is O=C1NCCCC[C@@H]1NCc1cc2cc3c(cc2nc1OCc1cccnc1)CCC3. The lowest BCUT2D eigenvalue weighted by Crippen LogP contribution is -2.42. The van der Waals surface area contributed by atoms with E-state index in [0.717, 1.165) is 60.7 Å². The smallest absolute Gasteiger partial charge is 0.237 e. The van der Waals surface area contributed by atoms with Gasteiger partial charge in [0.15, 0.2) is 0 Å². The molecule has 2 aromatic heterocycles. The highest BCUT2D eigenvalue weighted by Gasteiger charge is 2.21. The van der Waals surface area contributed by atoms with Gasteiger partial charge in [0.05, 0.1) is 11.6 Å². The summed E-state index contributed by atoms with van der Waals surface area (Å²) in [6.07, 6.45) is 9.97. The third-order valence-corrected chi connectivity index (χ3v) is 6.24. The largest absolute Gasteiger partial charge is 0.472 e. The number of ether oxygens (including phenoxy) is 1. The summed E-state index contributed by atoms with van der Waals surface area (Å²) in [6, 6.07) is 10.4. The Morgan fingerprint density at radius 2 is 2.03 bits per heavy atom. The fourth-order valence-electron chi connectivity index (χ4n) is 4.53. The van der Waals surface area contributed by atoms with Gasteiger partial charge in [-0.1, -0.05) is 6.07 Å². The van der Waals surface area contributed by atoms with Gasteiger partial charge >= 0.3 is 0 Å². The highest BCUT2D eigenvalue weighted by molar-refractivity contribution is 5.83. The molecule has 31 heavy (non-hydrogen) atoms. The highest BCUT2D eigenvalue weighted by atomic mass is 16.5. The zero-order valence-corrected chi connectivity index (χ0v) is 17.7. The summed E-state index contributed by atoms with van der Waals surface area (Å²) in [4.78, 5) is 21.4. The maximum atomic E-state index is 12.3. The Kier molecular flexibility index (Phi) is 5.80. The molecule has 1 saturated heterocycles.